The fourth-order valence-electron chi connectivity index (χ4n) is 4.63. The van der Waals surface area contributed by atoms with Gasteiger partial charge in [0.1, 0.15) is 6.10 Å². The molecule has 3 N–H and O–H groups in total. The van der Waals surface area contributed by atoms with E-state index < -0.39 is 7.82 Å². The third kappa shape index (κ3) is 30.8. The van der Waals surface area contributed by atoms with Crippen LogP contribution in [0.2, 0.25) is 0 Å². The zero-order chi connectivity index (χ0) is 28.7. The first-order valence-corrected chi connectivity index (χ1v) is 18.1. The second-order valence-electron chi connectivity index (χ2n) is 11.0. The lowest BCUT2D eigenvalue weighted by atomic mass is 10.1. The predicted molar refractivity (Wildman–Crippen MR) is 164 cm³/mol. The summed E-state index contributed by atoms with van der Waals surface area (Å²) in [7, 11) is -4.12. The highest BCUT2D eigenvalue weighted by Crippen LogP contribution is 2.43. The third-order valence-electron chi connectivity index (χ3n) is 7.09. The SMILES string of the molecule is CCCCCCCCCCCCCOC[C@H](COP(=O)(O)OCCN)OCCCCCCCCCCCCC. The van der Waals surface area contributed by atoms with Crippen molar-refractivity contribution >= 4 is 7.82 Å². The van der Waals surface area contributed by atoms with Crippen LogP contribution in [0.4, 0.5) is 0 Å². The highest BCUT2D eigenvalue weighted by molar-refractivity contribution is 7.47. The Balaban J connectivity index is 3.96. The molecule has 2 atom stereocenters. The highest BCUT2D eigenvalue weighted by Gasteiger charge is 2.23. The molecular weight excluding hydrogens is 513 g/mol. The van der Waals surface area contributed by atoms with Gasteiger partial charge in [-0.25, -0.2) is 4.57 Å². The quantitative estimate of drug-likeness (QED) is 0.0590. The van der Waals surface area contributed by atoms with E-state index in [4.69, 9.17) is 24.3 Å². The Labute approximate surface area is 242 Å². The summed E-state index contributed by atoms with van der Waals surface area (Å²) in [5.74, 6) is 0. The molecule has 0 radical (unpaired) electrons. The Morgan fingerprint density at radius 3 is 1.41 bits per heavy atom. The molecule has 0 fully saturated rings. The van der Waals surface area contributed by atoms with Gasteiger partial charge in [0.05, 0.1) is 19.8 Å². The van der Waals surface area contributed by atoms with Crippen molar-refractivity contribution in [3.63, 3.8) is 0 Å². The Morgan fingerprint density at radius 2 is 0.974 bits per heavy atom. The molecule has 0 saturated heterocycles. The van der Waals surface area contributed by atoms with Crippen molar-refractivity contribution in [3.05, 3.63) is 0 Å². The smallest absolute Gasteiger partial charge is 0.379 e. The number of phosphoric ester groups is 1. The standard InChI is InChI=1S/C31H66NO6P/c1-3-5-7-9-11-13-15-17-19-21-23-26-35-29-31(30-38-39(33,34)37-28-25-32)36-27-24-22-20-18-16-14-12-10-8-6-4-2/h31H,3-30,32H2,1-2H3,(H,33,34)/t31-/m1/s1. The van der Waals surface area contributed by atoms with Crippen LogP contribution in [-0.4, -0.2) is 50.6 Å². The number of ether oxygens (including phenoxy) is 2. The summed E-state index contributed by atoms with van der Waals surface area (Å²) < 4.78 is 33.8. The molecule has 0 heterocycles. The van der Waals surface area contributed by atoms with Crippen molar-refractivity contribution in [1.29, 1.82) is 0 Å². The molecule has 0 rings (SSSR count). The fraction of sp³-hybridized carbons (Fsp3) is 1.00. The number of nitrogens with two attached hydrogens (primary N) is 1. The summed E-state index contributed by atoms with van der Waals surface area (Å²) in [5.41, 5.74) is 5.35. The van der Waals surface area contributed by atoms with Gasteiger partial charge in [0, 0.05) is 19.8 Å². The second-order valence-corrected chi connectivity index (χ2v) is 12.5. The van der Waals surface area contributed by atoms with Gasteiger partial charge in [-0.05, 0) is 12.8 Å². The summed E-state index contributed by atoms with van der Waals surface area (Å²) in [6, 6.07) is 0. The molecule has 0 saturated carbocycles. The van der Waals surface area contributed by atoms with Gasteiger partial charge < -0.3 is 20.1 Å². The van der Waals surface area contributed by atoms with Crippen LogP contribution in [0.15, 0.2) is 0 Å². The normalized spacial score (nSPS) is 14.1. The van der Waals surface area contributed by atoms with E-state index in [1.165, 1.54) is 122 Å². The maximum atomic E-state index is 12.0. The van der Waals surface area contributed by atoms with Crippen LogP contribution in [0.25, 0.3) is 0 Å². The van der Waals surface area contributed by atoms with Crippen molar-refractivity contribution in [2.24, 2.45) is 5.73 Å². The molecule has 0 aromatic heterocycles. The van der Waals surface area contributed by atoms with E-state index in [2.05, 4.69) is 13.8 Å². The van der Waals surface area contributed by atoms with Gasteiger partial charge in [-0.2, -0.15) is 0 Å². The average Bonchev–Trinajstić information content (AvgIpc) is 2.93. The highest BCUT2D eigenvalue weighted by atomic mass is 31.2. The van der Waals surface area contributed by atoms with Crippen LogP contribution in [0, 0.1) is 0 Å². The van der Waals surface area contributed by atoms with Gasteiger partial charge in [-0.15, -0.1) is 0 Å². The van der Waals surface area contributed by atoms with E-state index in [0.29, 0.717) is 19.8 Å². The lowest BCUT2D eigenvalue weighted by Crippen LogP contribution is -2.26. The molecule has 0 aliphatic rings. The maximum absolute atomic E-state index is 12.0. The Hall–Kier alpha value is -0.0100. The molecule has 7 nitrogen and oxygen atoms in total. The molecule has 8 heteroatoms. The minimum Gasteiger partial charge on any atom is -0.379 e. The largest absolute Gasteiger partial charge is 0.472 e. The van der Waals surface area contributed by atoms with Crippen LogP contribution in [0.3, 0.4) is 0 Å². The van der Waals surface area contributed by atoms with Crippen LogP contribution in [0.1, 0.15) is 155 Å². The Morgan fingerprint density at radius 1 is 0.564 bits per heavy atom. The van der Waals surface area contributed by atoms with Crippen molar-refractivity contribution in [1.82, 2.24) is 0 Å². The van der Waals surface area contributed by atoms with Gasteiger partial charge in [-0.3, -0.25) is 9.05 Å². The zero-order valence-corrected chi connectivity index (χ0v) is 26.8. The van der Waals surface area contributed by atoms with Crippen molar-refractivity contribution in [2.45, 2.75) is 161 Å². The lowest BCUT2D eigenvalue weighted by Gasteiger charge is -2.20. The van der Waals surface area contributed by atoms with E-state index >= 15 is 0 Å². The van der Waals surface area contributed by atoms with Crippen LogP contribution < -0.4 is 5.73 Å². The molecule has 236 valence electrons. The molecule has 0 aliphatic carbocycles. The van der Waals surface area contributed by atoms with Gasteiger partial charge >= 0.3 is 7.82 Å². The van der Waals surface area contributed by atoms with Gasteiger partial charge in [0.15, 0.2) is 0 Å². The van der Waals surface area contributed by atoms with E-state index in [1.807, 2.05) is 0 Å². The molecule has 0 aromatic rings. The minimum atomic E-state index is -4.12. The molecule has 1 unspecified atom stereocenters. The monoisotopic (exact) mass is 579 g/mol. The van der Waals surface area contributed by atoms with Crippen molar-refractivity contribution in [2.75, 3.05) is 39.6 Å². The number of unbranched alkanes of at least 4 members (excludes halogenated alkanes) is 20. The van der Waals surface area contributed by atoms with E-state index in [0.717, 1.165) is 19.3 Å². The van der Waals surface area contributed by atoms with Crippen molar-refractivity contribution < 1.29 is 28.0 Å². The number of phosphoric acid groups is 1. The maximum Gasteiger partial charge on any atom is 0.472 e. The third-order valence-corrected chi connectivity index (χ3v) is 8.08. The topological polar surface area (TPSA) is 100 Å². The molecule has 39 heavy (non-hydrogen) atoms. The predicted octanol–water partition coefficient (Wildman–Crippen LogP) is 9.10. The minimum absolute atomic E-state index is 0.0204. The molecule has 0 aromatic carbocycles. The summed E-state index contributed by atoms with van der Waals surface area (Å²) in [6.45, 7) is 6.26. The van der Waals surface area contributed by atoms with Crippen LogP contribution in [-0.2, 0) is 23.1 Å². The Bertz CT molecular complexity index is 525. The number of hydrogen-bond donors (Lipinski definition) is 2. The van der Waals surface area contributed by atoms with Crippen LogP contribution >= 0.6 is 7.82 Å². The van der Waals surface area contributed by atoms with E-state index in [1.54, 1.807) is 0 Å². The van der Waals surface area contributed by atoms with E-state index in [9.17, 15) is 9.46 Å². The molecule has 0 spiro atoms. The summed E-state index contributed by atoms with van der Waals surface area (Å²) in [5, 5.41) is 0. The molecule has 0 amide bonds. The summed E-state index contributed by atoms with van der Waals surface area (Å²) in [4.78, 5) is 9.81. The second kappa shape index (κ2) is 30.9. The molecular formula is C31H66NO6P. The first-order chi connectivity index (χ1) is 19.1. The molecule has 0 aliphatic heterocycles. The number of hydrogen-bond acceptors (Lipinski definition) is 6. The summed E-state index contributed by atoms with van der Waals surface area (Å²) >= 11 is 0. The van der Waals surface area contributed by atoms with E-state index in [-0.39, 0.29) is 25.9 Å². The average molecular weight is 580 g/mol. The van der Waals surface area contributed by atoms with Gasteiger partial charge in [0.2, 0.25) is 0 Å². The fourth-order valence-corrected chi connectivity index (χ4v) is 5.39. The van der Waals surface area contributed by atoms with Crippen molar-refractivity contribution in [3.8, 4) is 0 Å². The Kier molecular flexibility index (Phi) is 30.9. The number of rotatable bonds is 33. The zero-order valence-electron chi connectivity index (χ0n) is 25.9. The van der Waals surface area contributed by atoms with Gasteiger partial charge in [0.25, 0.3) is 0 Å². The van der Waals surface area contributed by atoms with Crippen LogP contribution in [0.5, 0.6) is 0 Å². The summed E-state index contributed by atoms with van der Waals surface area (Å²) in [6.07, 6.45) is 28.0. The van der Waals surface area contributed by atoms with Gasteiger partial charge in [-0.1, -0.05) is 142 Å². The first-order valence-electron chi connectivity index (χ1n) is 16.6. The molecule has 0 bridgehead atoms. The lowest BCUT2D eigenvalue weighted by molar-refractivity contribution is -0.0443. The first kappa shape index (κ1) is 39.0.